The van der Waals surface area contributed by atoms with E-state index in [9.17, 15) is 4.79 Å². The minimum atomic E-state index is -0.0352. The molecule has 0 amide bonds. The van der Waals surface area contributed by atoms with Crippen LogP contribution in [0.5, 0.6) is 0 Å². The molecular weight excluding hydrogens is 320 g/mol. The van der Waals surface area contributed by atoms with Gasteiger partial charge in [0.25, 0.3) is 5.56 Å². The van der Waals surface area contributed by atoms with Crippen LogP contribution in [0, 0.1) is 5.92 Å². The zero-order valence-corrected chi connectivity index (χ0v) is 14.0. The lowest BCUT2D eigenvalue weighted by Gasteiger charge is -2.33. The quantitative estimate of drug-likeness (QED) is 0.907. The Bertz CT molecular complexity index is 506. The summed E-state index contributed by atoms with van der Waals surface area (Å²) in [6.45, 7) is 6.73. The summed E-state index contributed by atoms with van der Waals surface area (Å²) in [4.78, 5) is 14.5. The summed E-state index contributed by atoms with van der Waals surface area (Å²) < 4.78 is 2.18. The second kappa shape index (κ2) is 6.72. The van der Waals surface area contributed by atoms with Gasteiger partial charge in [0, 0.05) is 25.7 Å². The third-order valence-electron chi connectivity index (χ3n) is 3.75. The van der Waals surface area contributed by atoms with Gasteiger partial charge < -0.3 is 10.2 Å². The molecule has 1 saturated heterocycles. The molecule has 0 saturated carbocycles. The van der Waals surface area contributed by atoms with Crippen molar-refractivity contribution in [1.82, 2.24) is 15.1 Å². The number of nitrogens with one attached hydrogen (secondary N) is 1. The predicted molar refractivity (Wildman–Crippen MR) is 85.3 cm³/mol. The van der Waals surface area contributed by atoms with Gasteiger partial charge in [-0.3, -0.25) is 4.79 Å². The van der Waals surface area contributed by atoms with Crippen LogP contribution in [0.2, 0.25) is 0 Å². The fourth-order valence-electron chi connectivity index (χ4n) is 2.56. The van der Waals surface area contributed by atoms with E-state index in [0.29, 0.717) is 23.0 Å². The number of aromatic nitrogens is 2. The summed E-state index contributed by atoms with van der Waals surface area (Å²) in [6.07, 6.45) is 4.00. The van der Waals surface area contributed by atoms with Crippen molar-refractivity contribution in [1.29, 1.82) is 0 Å². The number of piperidine rings is 1. The molecule has 112 valence electrons. The number of nitrogens with zero attached hydrogens (tertiary/aromatic N) is 3. The fourth-order valence-corrected chi connectivity index (χ4v) is 3.12. The van der Waals surface area contributed by atoms with E-state index in [1.807, 2.05) is 13.2 Å². The summed E-state index contributed by atoms with van der Waals surface area (Å²) in [5, 5.41) is 7.62. The van der Waals surface area contributed by atoms with Gasteiger partial charge in [-0.05, 0) is 41.7 Å². The maximum atomic E-state index is 12.3. The molecule has 0 atom stereocenters. The topological polar surface area (TPSA) is 50.2 Å². The van der Waals surface area contributed by atoms with Crippen LogP contribution in [0.15, 0.2) is 15.5 Å². The van der Waals surface area contributed by atoms with Gasteiger partial charge in [0.1, 0.15) is 4.47 Å². The Labute approximate surface area is 128 Å². The van der Waals surface area contributed by atoms with E-state index >= 15 is 0 Å². The van der Waals surface area contributed by atoms with Crippen LogP contribution in [0.1, 0.15) is 26.7 Å². The Morgan fingerprint density at radius 2 is 2.10 bits per heavy atom. The zero-order chi connectivity index (χ0) is 14.7. The molecule has 0 aromatic carbocycles. The summed E-state index contributed by atoms with van der Waals surface area (Å²) in [7, 11) is 2.00. The van der Waals surface area contributed by atoms with Crippen LogP contribution in [0.4, 0.5) is 5.69 Å². The van der Waals surface area contributed by atoms with Gasteiger partial charge in [-0.25, -0.2) is 4.68 Å². The van der Waals surface area contributed by atoms with E-state index in [1.165, 1.54) is 0 Å². The molecule has 20 heavy (non-hydrogen) atoms. The van der Waals surface area contributed by atoms with Gasteiger partial charge in [0.15, 0.2) is 0 Å². The van der Waals surface area contributed by atoms with Gasteiger partial charge in [-0.1, -0.05) is 13.8 Å². The highest BCUT2D eigenvalue weighted by Crippen LogP contribution is 2.25. The minimum absolute atomic E-state index is 0.0352. The summed E-state index contributed by atoms with van der Waals surface area (Å²) in [6, 6.07) is 0.583. The van der Waals surface area contributed by atoms with Crippen molar-refractivity contribution >= 4 is 21.6 Å². The lowest BCUT2D eigenvalue weighted by atomic mass is 10.1. The molecule has 1 aliphatic heterocycles. The number of rotatable bonds is 4. The molecule has 2 heterocycles. The summed E-state index contributed by atoms with van der Waals surface area (Å²) >= 11 is 3.46. The normalized spacial score (nSPS) is 16.9. The van der Waals surface area contributed by atoms with Crippen molar-refractivity contribution in [3.63, 3.8) is 0 Å². The Morgan fingerprint density at radius 3 is 2.65 bits per heavy atom. The Balaban J connectivity index is 2.18. The second-order valence-electron chi connectivity index (χ2n) is 5.77. The molecule has 0 bridgehead atoms. The maximum absolute atomic E-state index is 12.3. The smallest absolute Gasteiger partial charge is 0.283 e. The lowest BCUT2D eigenvalue weighted by molar-refractivity contribution is 0.438. The van der Waals surface area contributed by atoms with Crippen LogP contribution >= 0.6 is 15.9 Å². The zero-order valence-electron chi connectivity index (χ0n) is 12.4. The second-order valence-corrected chi connectivity index (χ2v) is 6.57. The maximum Gasteiger partial charge on any atom is 0.283 e. The Morgan fingerprint density at radius 1 is 1.45 bits per heavy atom. The van der Waals surface area contributed by atoms with E-state index in [1.54, 1.807) is 4.68 Å². The summed E-state index contributed by atoms with van der Waals surface area (Å²) in [5.41, 5.74) is 0.886. The Kier molecular flexibility index (Phi) is 5.21. The van der Waals surface area contributed by atoms with Crippen LogP contribution in [-0.4, -0.2) is 36.0 Å². The van der Waals surface area contributed by atoms with Gasteiger partial charge >= 0.3 is 0 Å². The van der Waals surface area contributed by atoms with Crippen LogP contribution in [-0.2, 0) is 6.54 Å². The van der Waals surface area contributed by atoms with Crippen molar-refractivity contribution in [3.8, 4) is 0 Å². The molecule has 1 fully saturated rings. The third-order valence-corrected chi connectivity index (χ3v) is 4.49. The molecule has 1 N–H and O–H groups in total. The molecular formula is C14H23BrN4O. The first-order valence-electron chi connectivity index (χ1n) is 7.20. The van der Waals surface area contributed by atoms with Gasteiger partial charge in [0.2, 0.25) is 0 Å². The standard InChI is InChI=1S/C14H23BrN4O/c1-10(2)9-19-14(20)13(15)12(8-17-19)18-6-4-11(16-3)5-7-18/h8,10-11,16H,4-7,9H2,1-3H3. The highest BCUT2D eigenvalue weighted by atomic mass is 79.9. The van der Waals surface area contributed by atoms with E-state index < -0.39 is 0 Å². The van der Waals surface area contributed by atoms with Crippen molar-refractivity contribution in [2.45, 2.75) is 39.3 Å². The van der Waals surface area contributed by atoms with Crippen molar-refractivity contribution < 1.29 is 0 Å². The van der Waals surface area contributed by atoms with Gasteiger partial charge in [-0.15, -0.1) is 0 Å². The first-order valence-corrected chi connectivity index (χ1v) is 8.00. The van der Waals surface area contributed by atoms with E-state index in [4.69, 9.17) is 0 Å². The van der Waals surface area contributed by atoms with E-state index in [2.05, 4.69) is 45.1 Å². The predicted octanol–water partition coefficient (Wildman–Crippen LogP) is 1.85. The number of anilines is 1. The Hall–Kier alpha value is -0.880. The SMILES string of the molecule is CNC1CCN(c2cnn(CC(C)C)c(=O)c2Br)CC1. The van der Waals surface area contributed by atoms with Crippen LogP contribution < -0.4 is 15.8 Å². The highest BCUT2D eigenvalue weighted by Gasteiger charge is 2.21. The first-order chi connectivity index (χ1) is 9.52. The monoisotopic (exact) mass is 342 g/mol. The molecule has 2 rings (SSSR count). The number of hydrogen-bond donors (Lipinski definition) is 1. The molecule has 6 heteroatoms. The molecule has 0 radical (unpaired) electrons. The molecule has 5 nitrogen and oxygen atoms in total. The fraction of sp³-hybridized carbons (Fsp3) is 0.714. The average molecular weight is 343 g/mol. The average Bonchev–Trinajstić information content (AvgIpc) is 2.44. The van der Waals surface area contributed by atoms with Crippen molar-refractivity contribution in [2.75, 3.05) is 25.0 Å². The number of halogens is 1. The van der Waals surface area contributed by atoms with Crippen LogP contribution in [0.25, 0.3) is 0 Å². The molecule has 0 aliphatic carbocycles. The van der Waals surface area contributed by atoms with Crippen molar-refractivity contribution in [3.05, 3.63) is 21.0 Å². The first kappa shape index (κ1) is 15.5. The molecule has 1 aliphatic rings. The largest absolute Gasteiger partial charge is 0.369 e. The van der Waals surface area contributed by atoms with Gasteiger partial charge in [0.05, 0.1) is 11.9 Å². The molecule has 1 aromatic rings. The van der Waals surface area contributed by atoms with Gasteiger partial charge in [-0.2, -0.15) is 5.10 Å². The van der Waals surface area contributed by atoms with E-state index in [0.717, 1.165) is 31.6 Å². The summed E-state index contributed by atoms with van der Waals surface area (Å²) in [5.74, 6) is 0.407. The minimum Gasteiger partial charge on any atom is -0.369 e. The van der Waals surface area contributed by atoms with Crippen molar-refractivity contribution in [2.24, 2.45) is 5.92 Å². The molecule has 0 unspecified atom stereocenters. The molecule has 0 spiro atoms. The number of hydrogen-bond acceptors (Lipinski definition) is 4. The lowest BCUT2D eigenvalue weighted by Crippen LogP contribution is -2.42. The third kappa shape index (κ3) is 3.41. The van der Waals surface area contributed by atoms with Crippen LogP contribution in [0.3, 0.4) is 0 Å². The van der Waals surface area contributed by atoms with E-state index in [-0.39, 0.29) is 5.56 Å². The molecule has 1 aromatic heterocycles. The highest BCUT2D eigenvalue weighted by molar-refractivity contribution is 9.10.